The average molecular weight is 279 g/mol. The van der Waals surface area contributed by atoms with E-state index in [1.54, 1.807) is 12.7 Å². The first-order chi connectivity index (χ1) is 10.4. The van der Waals surface area contributed by atoms with Crippen molar-refractivity contribution in [3.8, 4) is 0 Å². The molecule has 1 fully saturated rings. The minimum atomic E-state index is 0.733. The van der Waals surface area contributed by atoms with Gasteiger partial charge in [0.25, 0.3) is 0 Å². The molecule has 0 aliphatic carbocycles. The number of H-pyrrole nitrogens is 1. The third-order valence-corrected chi connectivity index (χ3v) is 4.89. The molecule has 106 valence electrons. The van der Waals surface area contributed by atoms with Crippen molar-refractivity contribution < 1.29 is 0 Å². The van der Waals surface area contributed by atoms with Crippen LogP contribution in [0.4, 0.5) is 5.69 Å². The van der Waals surface area contributed by atoms with Crippen molar-refractivity contribution in [3.63, 3.8) is 0 Å². The Morgan fingerprint density at radius 2 is 2.14 bits per heavy atom. The van der Waals surface area contributed by atoms with Crippen molar-refractivity contribution in [1.82, 2.24) is 19.7 Å². The Kier molecular flexibility index (Phi) is 2.22. The van der Waals surface area contributed by atoms with Crippen LogP contribution in [0.15, 0.2) is 30.9 Å². The summed E-state index contributed by atoms with van der Waals surface area (Å²) in [5, 5.41) is 5.56. The number of nitrogens with zero attached hydrogens (tertiary/aromatic N) is 4. The van der Waals surface area contributed by atoms with Crippen molar-refractivity contribution in [3.05, 3.63) is 42.1 Å². The molecule has 6 rings (SSSR count). The summed E-state index contributed by atoms with van der Waals surface area (Å²) < 4.78 is 1.87. The number of aromatic nitrogens is 4. The lowest BCUT2D eigenvalue weighted by Gasteiger charge is -2.40. The molecule has 1 N–H and O–H groups in total. The number of hydrogen-bond donors (Lipinski definition) is 1. The smallest absolute Gasteiger partial charge is 0.137 e. The van der Waals surface area contributed by atoms with E-state index in [1.807, 2.05) is 4.68 Å². The maximum Gasteiger partial charge on any atom is 0.137 e. The quantitative estimate of drug-likeness (QED) is 0.784. The Hall–Kier alpha value is -2.30. The van der Waals surface area contributed by atoms with Crippen LogP contribution in [-0.2, 0) is 6.54 Å². The fourth-order valence-electron chi connectivity index (χ4n) is 3.87. The largest absolute Gasteiger partial charge is 0.370 e. The van der Waals surface area contributed by atoms with E-state index >= 15 is 0 Å². The molecule has 1 saturated heterocycles. The first-order valence-electron chi connectivity index (χ1n) is 7.60. The van der Waals surface area contributed by atoms with Gasteiger partial charge in [0.15, 0.2) is 0 Å². The lowest BCUT2D eigenvalue weighted by molar-refractivity contribution is 0.469. The van der Waals surface area contributed by atoms with Crippen molar-refractivity contribution in [2.75, 3.05) is 18.0 Å². The van der Waals surface area contributed by atoms with E-state index in [1.165, 1.54) is 53.8 Å². The summed E-state index contributed by atoms with van der Waals surface area (Å²) >= 11 is 0. The molecule has 5 heteroatoms. The maximum atomic E-state index is 4.19. The number of aromatic amines is 1. The molecule has 0 radical (unpaired) electrons. The summed E-state index contributed by atoms with van der Waals surface area (Å²) in [7, 11) is 0. The highest BCUT2D eigenvalue weighted by molar-refractivity contribution is 5.96. The van der Waals surface area contributed by atoms with Gasteiger partial charge in [0.05, 0.1) is 12.2 Å². The van der Waals surface area contributed by atoms with Gasteiger partial charge >= 0.3 is 0 Å². The van der Waals surface area contributed by atoms with Gasteiger partial charge in [-0.15, -0.1) is 0 Å². The van der Waals surface area contributed by atoms with Crippen molar-refractivity contribution in [1.29, 1.82) is 0 Å². The van der Waals surface area contributed by atoms with Gasteiger partial charge in [-0.3, -0.25) is 0 Å². The van der Waals surface area contributed by atoms with Crippen LogP contribution in [0.2, 0.25) is 0 Å². The number of hydrogen-bond acceptors (Lipinski definition) is 3. The van der Waals surface area contributed by atoms with E-state index in [-0.39, 0.29) is 0 Å². The minimum Gasteiger partial charge on any atom is -0.370 e. The highest BCUT2D eigenvalue weighted by Crippen LogP contribution is 2.45. The normalized spacial score (nSPS) is 17.6. The summed E-state index contributed by atoms with van der Waals surface area (Å²) in [5.41, 5.74) is 5.45. The van der Waals surface area contributed by atoms with Gasteiger partial charge in [-0.2, -0.15) is 5.10 Å². The Bertz CT molecular complexity index is 794. The highest BCUT2D eigenvalue weighted by Gasteiger charge is 2.33. The van der Waals surface area contributed by atoms with Crippen LogP contribution in [0.25, 0.3) is 10.9 Å². The van der Waals surface area contributed by atoms with Crippen molar-refractivity contribution >= 4 is 16.6 Å². The fourth-order valence-corrected chi connectivity index (χ4v) is 3.87. The molecule has 0 atom stereocenters. The van der Waals surface area contributed by atoms with Crippen LogP contribution in [0, 0.1) is 0 Å². The Labute approximate surface area is 122 Å². The lowest BCUT2D eigenvalue weighted by Crippen LogP contribution is -2.38. The van der Waals surface area contributed by atoms with Crippen LogP contribution in [0.1, 0.15) is 30.0 Å². The molecule has 5 nitrogen and oxygen atoms in total. The molecule has 0 saturated carbocycles. The van der Waals surface area contributed by atoms with Crippen LogP contribution in [-0.4, -0.2) is 32.8 Å². The summed E-state index contributed by atoms with van der Waals surface area (Å²) in [4.78, 5) is 10.2. The zero-order valence-corrected chi connectivity index (χ0v) is 11.8. The van der Waals surface area contributed by atoms with Gasteiger partial charge in [0, 0.05) is 35.6 Å². The molecule has 0 amide bonds. The van der Waals surface area contributed by atoms with Gasteiger partial charge in [0.2, 0.25) is 0 Å². The zero-order valence-electron chi connectivity index (χ0n) is 11.8. The third kappa shape index (κ3) is 1.63. The SMILES string of the molecule is c1ncn(Cc2ccc3[nH]c4c(c3c2)N2CCC4CC2)n1. The van der Waals surface area contributed by atoms with Crippen molar-refractivity contribution in [2.24, 2.45) is 0 Å². The molecule has 0 unspecified atom stereocenters. The highest BCUT2D eigenvalue weighted by atomic mass is 15.3. The minimum absolute atomic E-state index is 0.733. The Balaban J connectivity index is 1.63. The molecule has 21 heavy (non-hydrogen) atoms. The Morgan fingerprint density at radius 1 is 1.24 bits per heavy atom. The molecule has 3 aliphatic heterocycles. The summed E-state index contributed by atoms with van der Waals surface area (Å²) in [6, 6.07) is 6.71. The van der Waals surface area contributed by atoms with Crippen LogP contribution < -0.4 is 4.90 Å². The number of piperidine rings is 1. The molecule has 5 heterocycles. The second-order valence-electron chi connectivity index (χ2n) is 6.12. The number of rotatable bonds is 2. The molecular formula is C16H17N5. The second-order valence-corrected chi connectivity index (χ2v) is 6.12. The van der Waals surface area contributed by atoms with Crippen LogP contribution in [0.3, 0.4) is 0 Å². The predicted octanol–water partition coefficient (Wildman–Crippen LogP) is 2.51. The first kappa shape index (κ1) is 11.4. The van der Waals surface area contributed by atoms with Crippen molar-refractivity contribution in [2.45, 2.75) is 25.3 Å². The van der Waals surface area contributed by atoms with Gasteiger partial charge in [-0.25, -0.2) is 9.67 Å². The summed E-state index contributed by atoms with van der Waals surface area (Å²) in [6.07, 6.45) is 5.95. The molecule has 2 aromatic heterocycles. The fraction of sp³-hybridized carbons (Fsp3) is 0.375. The third-order valence-electron chi connectivity index (χ3n) is 4.89. The van der Waals surface area contributed by atoms with E-state index in [2.05, 4.69) is 38.2 Å². The van der Waals surface area contributed by atoms with Gasteiger partial charge in [-0.05, 0) is 30.5 Å². The van der Waals surface area contributed by atoms with E-state index < -0.39 is 0 Å². The molecule has 1 aromatic carbocycles. The standard InChI is InChI=1S/C16H17N5/c1-2-14-13(7-11(1)8-21-10-17-9-18-21)16-15(19-14)12-3-5-20(16)6-4-12/h1-2,7,9-10,12,19H,3-6,8H2. The predicted molar refractivity (Wildman–Crippen MR) is 81.6 cm³/mol. The van der Waals surface area contributed by atoms with E-state index in [9.17, 15) is 0 Å². The second kappa shape index (κ2) is 4.10. The first-order valence-corrected chi connectivity index (χ1v) is 7.60. The van der Waals surface area contributed by atoms with E-state index in [0.717, 1.165) is 12.5 Å². The number of fused-ring (bicyclic) bond motifs is 3. The van der Waals surface area contributed by atoms with E-state index in [4.69, 9.17) is 0 Å². The molecular weight excluding hydrogens is 262 g/mol. The molecule has 3 aliphatic rings. The van der Waals surface area contributed by atoms with Gasteiger partial charge < -0.3 is 9.88 Å². The zero-order chi connectivity index (χ0) is 13.8. The Morgan fingerprint density at radius 3 is 2.95 bits per heavy atom. The van der Waals surface area contributed by atoms with Gasteiger partial charge in [-0.1, -0.05) is 6.07 Å². The van der Waals surface area contributed by atoms with Crippen LogP contribution in [0.5, 0.6) is 0 Å². The topological polar surface area (TPSA) is 49.7 Å². The number of benzene rings is 1. The number of nitrogens with one attached hydrogen (secondary N) is 1. The molecule has 2 bridgehead atoms. The summed E-state index contributed by atoms with van der Waals surface area (Å²) in [5.74, 6) is 0.733. The lowest BCUT2D eigenvalue weighted by atomic mass is 9.87. The molecule has 3 aromatic rings. The van der Waals surface area contributed by atoms with Gasteiger partial charge in [0.1, 0.15) is 12.7 Å². The van der Waals surface area contributed by atoms with Crippen LogP contribution >= 0.6 is 0 Å². The van der Waals surface area contributed by atoms with E-state index in [0.29, 0.717) is 0 Å². The maximum absolute atomic E-state index is 4.19. The summed E-state index contributed by atoms with van der Waals surface area (Å²) in [6.45, 7) is 3.19. The molecule has 0 spiro atoms. The average Bonchev–Trinajstić information content (AvgIpc) is 3.16. The monoisotopic (exact) mass is 279 g/mol. The number of anilines is 1.